The molecule has 0 N–H and O–H groups in total. The van der Waals surface area contributed by atoms with Gasteiger partial charge in [0.1, 0.15) is 5.75 Å². The Morgan fingerprint density at radius 3 is 1.93 bits per heavy atom. The highest BCUT2D eigenvalue weighted by atomic mass is 16.5. The highest BCUT2D eigenvalue weighted by molar-refractivity contribution is 6.12. The molecule has 40 heavy (non-hydrogen) atoms. The lowest BCUT2D eigenvalue weighted by Gasteiger charge is -2.13. The third-order valence-electron chi connectivity index (χ3n) is 7.41. The first kappa shape index (κ1) is 23.7. The van der Waals surface area contributed by atoms with Gasteiger partial charge in [0.2, 0.25) is 12.3 Å². The summed E-state index contributed by atoms with van der Waals surface area (Å²) in [5.74, 6) is -0.0850. The van der Waals surface area contributed by atoms with Gasteiger partial charge in [0, 0.05) is 22.4 Å². The van der Waals surface area contributed by atoms with Gasteiger partial charge >= 0.3 is 5.97 Å². The van der Waals surface area contributed by atoms with Gasteiger partial charge in [0.15, 0.2) is 6.20 Å². The van der Waals surface area contributed by atoms with E-state index in [9.17, 15) is 9.59 Å². The maximum atomic E-state index is 14.2. The number of rotatable bonds is 5. The van der Waals surface area contributed by atoms with E-state index in [0.29, 0.717) is 17.0 Å². The van der Waals surface area contributed by atoms with E-state index < -0.39 is 5.97 Å². The molecule has 4 heteroatoms. The van der Waals surface area contributed by atoms with E-state index in [0.717, 1.165) is 43.1 Å². The van der Waals surface area contributed by atoms with Crippen molar-refractivity contribution in [2.75, 3.05) is 0 Å². The SMILES string of the molecule is O=C(C[n+]1ccc2ccccc2c1C(=O)Oc1c2ccccc2cc2cc3ccccc3cc12)c1ccccc1. The standard InChI is InChI=1S/C36H24NO3/c38-33(25-11-2-1-3-12-25)23-37-19-18-24-10-6-8-16-30(24)34(37)36(39)40-35-31-17-9-7-15-28(31)21-29-20-26-13-4-5-14-27(26)22-32(29)35/h1-22H,23H2/q+1. The maximum absolute atomic E-state index is 14.2. The molecule has 0 radical (unpaired) electrons. The van der Waals surface area contributed by atoms with Crippen molar-refractivity contribution in [3.05, 3.63) is 145 Å². The molecule has 6 aromatic carbocycles. The summed E-state index contributed by atoms with van der Waals surface area (Å²) in [6.45, 7) is 0.0141. The Morgan fingerprint density at radius 1 is 0.550 bits per heavy atom. The zero-order chi connectivity index (χ0) is 27.1. The van der Waals surface area contributed by atoms with Crippen molar-refractivity contribution in [3.8, 4) is 5.75 Å². The average molecular weight is 519 g/mol. The van der Waals surface area contributed by atoms with Crippen LogP contribution < -0.4 is 9.30 Å². The Bertz CT molecular complexity index is 2090. The number of benzene rings is 6. The van der Waals surface area contributed by atoms with Crippen LogP contribution in [-0.4, -0.2) is 11.8 Å². The molecule has 0 fully saturated rings. The molecule has 7 rings (SSSR count). The number of ketones is 1. The van der Waals surface area contributed by atoms with Gasteiger partial charge < -0.3 is 4.74 Å². The molecule has 0 bridgehead atoms. The van der Waals surface area contributed by atoms with Gasteiger partial charge in [-0.15, -0.1) is 0 Å². The normalized spacial score (nSPS) is 11.3. The van der Waals surface area contributed by atoms with Crippen molar-refractivity contribution < 1.29 is 18.9 Å². The number of fused-ring (bicyclic) bond motifs is 4. The first-order valence-electron chi connectivity index (χ1n) is 13.2. The van der Waals surface area contributed by atoms with Gasteiger partial charge in [-0.2, -0.15) is 4.57 Å². The van der Waals surface area contributed by atoms with Gasteiger partial charge in [0.25, 0.3) is 5.69 Å². The Morgan fingerprint density at radius 2 is 1.15 bits per heavy atom. The molecule has 0 saturated carbocycles. The van der Waals surface area contributed by atoms with E-state index in [-0.39, 0.29) is 12.3 Å². The van der Waals surface area contributed by atoms with Crippen LogP contribution in [0.15, 0.2) is 134 Å². The molecule has 0 amide bonds. The molecule has 1 heterocycles. The number of nitrogens with zero attached hydrogens (tertiary/aromatic N) is 1. The van der Waals surface area contributed by atoms with Crippen LogP contribution in [0.3, 0.4) is 0 Å². The molecule has 4 nitrogen and oxygen atoms in total. The number of pyridine rings is 1. The Labute approximate surface area is 230 Å². The molecule has 0 atom stereocenters. The van der Waals surface area contributed by atoms with Gasteiger partial charge in [-0.05, 0) is 51.2 Å². The molecular weight excluding hydrogens is 494 g/mol. The topological polar surface area (TPSA) is 47.2 Å². The molecule has 0 aliphatic rings. The number of esters is 1. The van der Waals surface area contributed by atoms with Crippen molar-refractivity contribution in [2.24, 2.45) is 0 Å². The van der Waals surface area contributed by atoms with E-state index in [1.165, 1.54) is 0 Å². The summed E-state index contributed by atoms with van der Waals surface area (Å²) >= 11 is 0. The van der Waals surface area contributed by atoms with Crippen molar-refractivity contribution in [1.82, 2.24) is 0 Å². The molecule has 0 unspecified atom stereocenters. The van der Waals surface area contributed by atoms with Gasteiger partial charge in [-0.3, -0.25) is 4.79 Å². The van der Waals surface area contributed by atoms with Crippen molar-refractivity contribution >= 4 is 54.8 Å². The second-order valence-electron chi connectivity index (χ2n) is 9.91. The number of ether oxygens (including phenoxy) is 1. The molecular formula is C36H24NO3+. The van der Waals surface area contributed by atoms with Crippen LogP contribution in [0.2, 0.25) is 0 Å². The number of Topliss-reactive ketones (excluding diaryl/α,β-unsaturated/α-hetero) is 1. The minimum atomic E-state index is -0.511. The van der Waals surface area contributed by atoms with Crippen LogP contribution in [0.25, 0.3) is 43.1 Å². The van der Waals surface area contributed by atoms with E-state index in [2.05, 4.69) is 30.3 Å². The summed E-state index contributed by atoms with van der Waals surface area (Å²) in [4.78, 5) is 27.3. The number of carbonyl (C=O) groups excluding carboxylic acids is 2. The minimum absolute atomic E-state index is 0.0141. The van der Waals surface area contributed by atoms with Crippen LogP contribution >= 0.6 is 0 Å². The minimum Gasteiger partial charge on any atom is -0.417 e. The predicted molar refractivity (Wildman–Crippen MR) is 159 cm³/mol. The highest BCUT2D eigenvalue weighted by Crippen LogP contribution is 2.37. The van der Waals surface area contributed by atoms with Crippen LogP contribution in [0.1, 0.15) is 20.8 Å². The Kier molecular flexibility index (Phi) is 5.79. The number of carbonyl (C=O) groups is 2. The van der Waals surface area contributed by atoms with Gasteiger partial charge in [-0.1, -0.05) is 97.1 Å². The lowest BCUT2D eigenvalue weighted by atomic mass is 9.98. The zero-order valence-corrected chi connectivity index (χ0v) is 21.6. The fraction of sp³-hybridized carbons (Fsp3) is 0.0278. The molecule has 0 saturated heterocycles. The van der Waals surface area contributed by atoms with E-state index in [1.54, 1.807) is 22.9 Å². The number of hydrogen-bond acceptors (Lipinski definition) is 3. The van der Waals surface area contributed by atoms with Crippen LogP contribution in [0, 0.1) is 0 Å². The summed E-state index contributed by atoms with van der Waals surface area (Å²) in [6.07, 6.45) is 1.79. The Hall–Kier alpha value is -5.35. The summed E-state index contributed by atoms with van der Waals surface area (Å²) < 4.78 is 8.04. The van der Waals surface area contributed by atoms with Gasteiger partial charge in [0.05, 0.1) is 5.39 Å². The predicted octanol–water partition coefficient (Wildman–Crippen LogP) is 7.69. The second kappa shape index (κ2) is 9.75. The lowest BCUT2D eigenvalue weighted by Crippen LogP contribution is -2.44. The summed E-state index contributed by atoms with van der Waals surface area (Å²) in [6, 6.07) is 41.1. The third kappa shape index (κ3) is 4.16. The molecule has 0 aliphatic heterocycles. The van der Waals surface area contributed by atoms with Crippen molar-refractivity contribution in [1.29, 1.82) is 0 Å². The van der Waals surface area contributed by atoms with E-state index >= 15 is 0 Å². The summed E-state index contributed by atoms with van der Waals surface area (Å²) in [5.41, 5.74) is 0.929. The number of aromatic nitrogens is 1. The van der Waals surface area contributed by atoms with E-state index in [1.807, 2.05) is 84.9 Å². The zero-order valence-electron chi connectivity index (χ0n) is 21.6. The lowest BCUT2D eigenvalue weighted by molar-refractivity contribution is -0.684. The maximum Gasteiger partial charge on any atom is 0.409 e. The Balaban J connectivity index is 1.40. The molecule has 0 spiro atoms. The molecule has 190 valence electrons. The smallest absolute Gasteiger partial charge is 0.409 e. The molecule has 1 aromatic heterocycles. The number of hydrogen-bond donors (Lipinski definition) is 0. The van der Waals surface area contributed by atoms with Gasteiger partial charge in [-0.25, -0.2) is 4.79 Å². The van der Waals surface area contributed by atoms with Crippen molar-refractivity contribution in [2.45, 2.75) is 6.54 Å². The van der Waals surface area contributed by atoms with E-state index in [4.69, 9.17) is 4.74 Å². The quantitative estimate of drug-likeness (QED) is 0.0772. The van der Waals surface area contributed by atoms with Crippen LogP contribution in [-0.2, 0) is 6.54 Å². The first-order valence-corrected chi connectivity index (χ1v) is 13.2. The first-order chi connectivity index (χ1) is 19.7. The van der Waals surface area contributed by atoms with Crippen LogP contribution in [0.4, 0.5) is 0 Å². The van der Waals surface area contributed by atoms with Crippen LogP contribution in [0.5, 0.6) is 5.75 Å². The highest BCUT2D eigenvalue weighted by Gasteiger charge is 2.28. The monoisotopic (exact) mass is 518 g/mol. The molecule has 7 aromatic rings. The molecule has 0 aliphatic carbocycles. The average Bonchev–Trinajstić information content (AvgIpc) is 3.00. The second-order valence-corrected chi connectivity index (χ2v) is 9.91. The summed E-state index contributed by atoms with van der Waals surface area (Å²) in [7, 11) is 0. The summed E-state index contributed by atoms with van der Waals surface area (Å²) in [5, 5.41) is 7.50. The largest absolute Gasteiger partial charge is 0.417 e. The fourth-order valence-electron chi connectivity index (χ4n) is 5.45. The third-order valence-corrected chi connectivity index (χ3v) is 7.41. The fourth-order valence-corrected chi connectivity index (χ4v) is 5.45. The van der Waals surface area contributed by atoms with Crippen molar-refractivity contribution in [3.63, 3.8) is 0 Å².